The highest BCUT2D eigenvalue weighted by Gasteiger charge is 2.65. The van der Waals surface area contributed by atoms with E-state index in [4.69, 9.17) is 35.8 Å². The molecule has 9 atom stereocenters. The highest BCUT2D eigenvalue weighted by atomic mass is 35.5. The lowest BCUT2D eigenvalue weighted by atomic mass is 9.49. The lowest BCUT2D eigenvalue weighted by molar-refractivity contribution is -0.616. The van der Waals surface area contributed by atoms with E-state index in [-0.39, 0.29) is 52.9 Å². The summed E-state index contributed by atoms with van der Waals surface area (Å²) >= 11 is 8.42. The average molecular weight is 982 g/mol. The molecule has 1 spiro atoms. The fraction of sp³-hybridized carbons (Fsp3) is 0.654. The second-order valence-electron chi connectivity index (χ2n) is 22.1. The molecular formula is C52H71ClN11O4S+. The van der Waals surface area contributed by atoms with Gasteiger partial charge < -0.3 is 19.5 Å². The van der Waals surface area contributed by atoms with Gasteiger partial charge in [-0.2, -0.15) is 5.26 Å². The molecule has 1 amide bonds. The van der Waals surface area contributed by atoms with Gasteiger partial charge in [0, 0.05) is 85.2 Å². The number of halogens is 1. The number of thioether (sulfide) groups is 1. The number of amides is 1. The van der Waals surface area contributed by atoms with Crippen molar-refractivity contribution in [2.24, 2.45) is 43.6 Å². The predicted molar refractivity (Wildman–Crippen MR) is 272 cm³/mol. The smallest absolute Gasteiger partial charge is 0.316 e. The molecule has 5 fully saturated rings. The number of rotatable bonds is 12. The Kier molecular flexibility index (Phi) is 13.1. The van der Waals surface area contributed by atoms with Crippen LogP contribution in [0.5, 0.6) is 5.75 Å². The quantitative estimate of drug-likeness (QED) is 0.223. The number of hydrazine groups is 1. The van der Waals surface area contributed by atoms with Crippen LogP contribution in [0, 0.1) is 39.9 Å². The van der Waals surface area contributed by atoms with E-state index in [0.717, 1.165) is 58.0 Å². The number of likely N-dealkylation sites (tertiary alicyclic amines) is 1. The van der Waals surface area contributed by atoms with E-state index in [1.165, 1.54) is 16.8 Å². The Bertz CT molecular complexity index is 2450. The maximum absolute atomic E-state index is 14.1. The third kappa shape index (κ3) is 8.64. The van der Waals surface area contributed by atoms with E-state index in [9.17, 15) is 10.1 Å². The van der Waals surface area contributed by atoms with Crippen molar-refractivity contribution >= 4 is 53.3 Å². The molecule has 0 aromatic heterocycles. The van der Waals surface area contributed by atoms with Gasteiger partial charge in [0.05, 0.1) is 53.9 Å². The minimum absolute atomic E-state index is 0.0270. The molecule has 8 aliphatic rings. The summed E-state index contributed by atoms with van der Waals surface area (Å²) in [7, 11) is 2.07. The summed E-state index contributed by atoms with van der Waals surface area (Å²) in [5.74, 6) is 1.02. The van der Waals surface area contributed by atoms with Gasteiger partial charge in [0.25, 0.3) is 0 Å². The molecule has 2 aromatic carbocycles. The van der Waals surface area contributed by atoms with E-state index < -0.39 is 11.7 Å². The number of morpholine rings is 1. The number of nitrogens with one attached hydrogen (secondary N) is 3. The van der Waals surface area contributed by atoms with Crippen LogP contribution in [-0.4, -0.2) is 155 Å². The molecule has 15 nitrogen and oxygen atoms in total. The Labute approximate surface area is 417 Å². The molecule has 0 radical (unpaired) electrons. The van der Waals surface area contributed by atoms with Crippen molar-refractivity contribution in [2.45, 2.75) is 134 Å². The highest BCUT2D eigenvalue weighted by molar-refractivity contribution is 8.00. The molecule has 10 rings (SSSR count). The first-order valence-electron chi connectivity index (χ1n) is 25.2. The Morgan fingerprint density at radius 3 is 2.52 bits per heavy atom. The number of fused-ring (bicyclic) bond motifs is 3. The van der Waals surface area contributed by atoms with Gasteiger partial charge in [-0.15, -0.1) is 11.8 Å². The summed E-state index contributed by atoms with van der Waals surface area (Å²) < 4.78 is 21.2. The van der Waals surface area contributed by atoms with Gasteiger partial charge in [-0.25, -0.2) is 25.3 Å². The lowest BCUT2D eigenvalue weighted by Crippen LogP contribution is -2.75. The van der Waals surface area contributed by atoms with Crippen LogP contribution in [0.15, 0.2) is 57.4 Å². The van der Waals surface area contributed by atoms with Crippen molar-refractivity contribution in [2.75, 3.05) is 53.0 Å². The summed E-state index contributed by atoms with van der Waals surface area (Å²) in [6, 6.07) is 16.3. The van der Waals surface area contributed by atoms with Crippen molar-refractivity contribution in [3.63, 3.8) is 0 Å². The van der Waals surface area contributed by atoms with Crippen molar-refractivity contribution < 1.29 is 23.6 Å². The fourth-order valence-corrected chi connectivity index (χ4v) is 15.4. The number of hydrogen-bond donors (Lipinski definition) is 3. The summed E-state index contributed by atoms with van der Waals surface area (Å²) in [5, 5.41) is 13.9. The van der Waals surface area contributed by atoms with Gasteiger partial charge in [-0.1, -0.05) is 84.3 Å². The first kappa shape index (κ1) is 48.7. The molecular weight excluding hydrogens is 910 g/mol. The molecule has 17 heteroatoms. The molecule has 9 unspecified atom stereocenters. The van der Waals surface area contributed by atoms with E-state index in [0.29, 0.717) is 58.4 Å². The van der Waals surface area contributed by atoms with Crippen LogP contribution in [0.25, 0.3) is 0 Å². The molecule has 370 valence electrons. The normalized spacial score (nSPS) is 35.6. The highest BCUT2D eigenvalue weighted by Crippen LogP contribution is 2.56. The van der Waals surface area contributed by atoms with Crippen LogP contribution in [0.3, 0.4) is 0 Å². The van der Waals surface area contributed by atoms with Crippen molar-refractivity contribution in [1.82, 2.24) is 30.9 Å². The molecule has 3 N–H and O–H groups in total. The van der Waals surface area contributed by atoms with Crippen molar-refractivity contribution in [3.05, 3.63) is 64.2 Å². The molecule has 4 saturated heterocycles. The fourth-order valence-electron chi connectivity index (χ4n) is 13.3. The van der Waals surface area contributed by atoms with Crippen LogP contribution in [-0.2, 0) is 20.8 Å². The number of carbonyl (C=O) groups is 1. The minimum Gasteiger partial charge on any atom is -0.489 e. The number of benzene rings is 2. The van der Waals surface area contributed by atoms with E-state index in [1.54, 1.807) is 18.2 Å². The molecule has 69 heavy (non-hydrogen) atoms. The maximum atomic E-state index is 14.1. The van der Waals surface area contributed by atoms with Gasteiger partial charge in [-0.05, 0) is 42.5 Å². The van der Waals surface area contributed by atoms with Crippen LogP contribution in [0.4, 0.5) is 0 Å². The summed E-state index contributed by atoms with van der Waals surface area (Å²) in [5.41, 5.74) is 10.2. The molecule has 2 aromatic rings. The molecule has 7 aliphatic heterocycles. The topological polar surface area (TPSA) is 154 Å². The minimum atomic E-state index is -0.599. The number of carbonyl (C=O) groups excluding carboxylic acids is 1. The summed E-state index contributed by atoms with van der Waals surface area (Å²) in [6.07, 6.45) is 6.42. The second kappa shape index (κ2) is 18.6. The van der Waals surface area contributed by atoms with Crippen molar-refractivity contribution in [3.8, 4) is 11.8 Å². The standard InChI is InChI=1S/C52H70ClN11O4S/c1-10-17-52(56-25-37(27-61(52)9)45(65)58-47-49(5,6)48(50(47,7)8)68-38-16-15-36(24-54)39(53)22-38)63-19-21-67-51(30-63)28-62(29-51)26-34-11-13-35(14-12-34)43-42-31(2)32(3)69-46(42)64-33(4)59-60-44(64)40(57-43)23-41-55-18-20-66-41/h11-16,22,25,27,31-33,37,40,42,44,46-48,59-60H,10,17-21,23,26,28-30H2,1-9H3/p+1. The zero-order chi connectivity index (χ0) is 48.6. The Morgan fingerprint density at radius 2 is 1.84 bits per heavy atom. The predicted octanol–water partition coefficient (Wildman–Crippen LogP) is 5.75. The largest absolute Gasteiger partial charge is 0.489 e. The van der Waals surface area contributed by atoms with Gasteiger partial charge in [0.2, 0.25) is 5.91 Å². The van der Waals surface area contributed by atoms with E-state index >= 15 is 0 Å². The van der Waals surface area contributed by atoms with Crippen LogP contribution in [0.2, 0.25) is 5.02 Å². The van der Waals surface area contributed by atoms with Crippen LogP contribution >= 0.6 is 23.4 Å². The Hall–Kier alpha value is -3.92. The molecule has 0 bridgehead atoms. The first-order valence-corrected chi connectivity index (χ1v) is 26.5. The summed E-state index contributed by atoms with van der Waals surface area (Å²) in [6.45, 7) is 23.8. The number of hydrogen-bond acceptors (Lipinski definition) is 14. The SMILES string of the molecule is CCCC1(N2CCOC3(CN(Cc4ccc(C5=NC(CC6=NCCO6)C6NNC(C)N6C6SC(C)C(C)C56)cc4)C3)C2)N=CC(C(=O)NC2C(C)(C)C(Oc3ccc(C#N)c(Cl)c3)C2(C)C)C=[N+]1C. The van der Waals surface area contributed by atoms with Gasteiger partial charge in [0.15, 0.2) is 12.1 Å². The van der Waals surface area contributed by atoms with Gasteiger partial charge >= 0.3 is 5.79 Å². The monoisotopic (exact) mass is 981 g/mol. The van der Waals surface area contributed by atoms with Gasteiger partial charge in [-0.3, -0.25) is 24.6 Å². The first-order chi connectivity index (χ1) is 33.0. The number of aliphatic imine (C=N–C) groups is 3. The second-order valence-corrected chi connectivity index (χ2v) is 24.0. The van der Waals surface area contributed by atoms with E-state index in [1.807, 2.05) is 12.4 Å². The van der Waals surface area contributed by atoms with E-state index in [2.05, 4.69) is 145 Å². The zero-order valence-corrected chi connectivity index (χ0v) is 43.3. The number of ether oxygens (including phenoxy) is 3. The van der Waals surface area contributed by atoms with Gasteiger partial charge in [0.1, 0.15) is 43.1 Å². The third-order valence-electron chi connectivity index (χ3n) is 16.6. The molecule has 7 heterocycles. The molecule has 1 saturated carbocycles. The molecule has 1 aliphatic carbocycles. The van der Waals surface area contributed by atoms with Crippen LogP contribution in [0.1, 0.15) is 91.3 Å². The third-order valence-corrected chi connectivity index (χ3v) is 18.6. The number of nitrogens with zero attached hydrogens (tertiary/aromatic N) is 8. The lowest BCUT2D eigenvalue weighted by Gasteiger charge is -2.63. The Morgan fingerprint density at radius 1 is 1.07 bits per heavy atom. The summed E-state index contributed by atoms with van der Waals surface area (Å²) in [4.78, 5) is 37.3. The number of nitriles is 1. The van der Waals surface area contributed by atoms with Crippen LogP contribution < -0.4 is 20.9 Å². The zero-order valence-electron chi connectivity index (χ0n) is 41.7. The van der Waals surface area contributed by atoms with Crippen molar-refractivity contribution in [1.29, 1.82) is 5.26 Å². The maximum Gasteiger partial charge on any atom is 0.316 e. The average Bonchev–Trinajstić information content (AvgIpc) is 4.03. The Balaban J connectivity index is 0.782.